The van der Waals surface area contributed by atoms with Crippen molar-refractivity contribution in [1.82, 2.24) is 15.1 Å². The number of rotatable bonds is 7. The number of aromatic nitrogens is 2. The van der Waals surface area contributed by atoms with Crippen LogP contribution in [-0.4, -0.2) is 15.7 Å². The van der Waals surface area contributed by atoms with Gasteiger partial charge in [-0.05, 0) is 49.2 Å². The molecule has 1 aromatic heterocycles. The summed E-state index contributed by atoms with van der Waals surface area (Å²) in [5, 5.41) is 7.28. The van der Waals surface area contributed by atoms with Crippen LogP contribution in [0.15, 0.2) is 71.5 Å². The maximum Gasteiger partial charge on any atom is 0.266 e. The zero-order valence-electron chi connectivity index (χ0n) is 15.6. The molecule has 5 nitrogen and oxygen atoms in total. The van der Waals surface area contributed by atoms with Crippen molar-refractivity contribution in [1.29, 1.82) is 0 Å². The van der Waals surface area contributed by atoms with Gasteiger partial charge in [-0.2, -0.15) is 5.10 Å². The first-order valence-electron chi connectivity index (χ1n) is 9.21. The van der Waals surface area contributed by atoms with E-state index in [1.165, 1.54) is 22.9 Å². The zero-order chi connectivity index (χ0) is 19.9. The molecule has 0 unspecified atom stereocenters. The minimum atomic E-state index is -0.326. The number of hydrogen-bond donors (Lipinski definition) is 1. The predicted molar refractivity (Wildman–Crippen MR) is 106 cm³/mol. The minimum absolute atomic E-state index is 0.0703. The normalized spacial score (nSPS) is 11.8. The molecule has 1 heterocycles. The van der Waals surface area contributed by atoms with Crippen molar-refractivity contribution < 1.29 is 9.18 Å². The monoisotopic (exact) mass is 379 g/mol. The highest BCUT2D eigenvalue weighted by molar-refractivity contribution is 5.76. The molecule has 0 bridgehead atoms. The van der Waals surface area contributed by atoms with Crippen molar-refractivity contribution in [3.8, 4) is 11.3 Å². The number of carbonyl (C=O) groups excluding carboxylic acids is 1. The second-order valence-electron chi connectivity index (χ2n) is 6.59. The van der Waals surface area contributed by atoms with Gasteiger partial charge in [-0.1, -0.05) is 30.3 Å². The molecular weight excluding hydrogens is 357 g/mol. The third-order valence-corrected chi connectivity index (χ3v) is 4.46. The van der Waals surface area contributed by atoms with E-state index in [-0.39, 0.29) is 23.3 Å². The van der Waals surface area contributed by atoms with E-state index in [0.717, 1.165) is 11.1 Å². The van der Waals surface area contributed by atoms with Crippen LogP contribution in [0.25, 0.3) is 11.3 Å². The molecule has 0 radical (unpaired) electrons. The van der Waals surface area contributed by atoms with Crippen LogP contribution in [0.3, 0.4) is 0 Å². The van der Waals surface area contributed by atoms with E-state index in [1.807, 2.05) is 37.3 Å². The summed E-state index contributed by atoms with van der Waals surface area (Å²) in [6, 6.07) is 18.6. The molecule has 0 saturated heterocycles. The van der Waals surface area contributed by atoms with Crippen LogP contribution < -0.4 is 10.9 Å². The lowest BCUT2D eigenvalue weighted by atomic mass is 10.1. The topological polar surface area (TPSA) is 64.0 Å². The third kappa shape index (κ3) is 5.13. The summed E-state index contributed by atoms with van der Waals surface area (Å²) >= 11 is 0. The standard InChI is InChI=1S/C22H22FN3O2/c1-16(17-6-3-2-4-7-17)24-21(27)8-5-15-26-22(28)14-13-20(25-26)18-9-11-19(23)12-10-18/h2-4,6-7,9-14,16H,5,8,15H2,1H3,(H,24,27)/t16-/m1/s1. The smallest absolute Gasteiger partial charge is 0.266 e. The van der Waals surface area contributed by atoms with Gasteiger partial charge < -0.3 is 5.32 Å². The van der Waals surface area contributed by atoms with Crippen LogP contribution in [-0.2, 0) is 11.3 Å². The molecule has 28 heavy (non-hydrogen) atoms. The van der Waals surface area contributed by atoms with Crippen LogP contribution >= 0.6 is 0 Å². The highest BCUT2D eigenvalue weighted by atomic mass is 19.1. The molecule has 6 heteroatoms. The Kier molecular flexibility index (Phi) is 6.32. The van der Waals surface area contributed by atoms with Crippen molar-refractivity contribution >= 4 is 5.91 Å². The maximum atomic E-state index is 13.1. The molecule has 0 spiro atoms. The van der Waals surface area contributed by atoms with Crippen LogP contribution in [0.5, 0.6) is 0 Å². The molecule has 0 aliphatic carbocycles. The fourth-order valence-corrected chi connectivity index (χ4v) is 2.91. The minimum Gasteiger partial charge on any atom is -0.350 e. The summed E-state index contributed by atoms with van der Waals surface area (Å²) in [5.41, 5.74) is 2.12. The Hall–Kier alpha value is -3.28. The first-order chi connectivity index (χ1) is 13.5. The Morgan fingerprint density at radius 2 is 1.79 bits per heavy atom. The summed E-state index contributed by atoms with van der Waals surface area (Å²) in [4.78, 5) is 24.2. The van der Waals surface area contributed by atoms with Gasteiger partial charge in [-0.25, -0.2) is 9.07 Å². The van der Waals surface area contributed by atoms with E-state index in [1.54, 1.807) is 18.2 Å². The SMILES string of the molecule is C[C@@H](NC(=O)CCCn1nc(-c2ccc(F)cc2)ccc1=O)c1ccccc1. The van der Waals surface area contributed by atoms with Crippen LogP contribution in [0, 0.1) is 5.82 Å². The summed E-state index contributed by atoms with van der Waals surface area (Å²) in [6.45, 7) is 2.27. The van der Waals surface area contributed by atoms with Gasteiger partial charge in [-0.3, -0.25) is 9.59 Å². The molecule has 0 aliphatic heterocycles. The second-order valence-corrected chi connectivity index (χ2v) is 6.59. The largest absolute Gasteiger partial charge is 0.350 e. The van der Waals surface area contributed by atoms with Gasteiger partial charge in [0.05, 0.1) is 11.7 Å². The lowest BCUT2D eigenvalue weighted by Crippen LogP contribution is -2.27. The van der Waals surface area contributed by atoms with Gasteiger partial charge in [-0.15, -0.1) is 0 Å². The number of nitrogens with one attached hydrogen (secondary N) is 1. The fraction of sp³-hybridized carbons (Fsp3) is 0.227. The number of halogens is 1. The Morgan fingerprint density at radius 3 is 2.50 bits per heavy atom. The molecule has 0 aliphatic rings. The highest BCUT2D eigenvalue weighted by Crippen LogP contribution is 2.16. The molecule has 1 N–H and O–H groups in total. The van der Waals surface area contributed by atoms with Gasteiger partial charge >= 0.3 is 0 Å². The zero-order valence-corrected chi connectivity index (χ0v) is 15.6. The highest BCUT2D eigenvalue weighted by Gasteiger charge is 2.10. The lowest BCUT2D eigenvalue weighted by molar-refractivity contribution is -0.121. The van der Waals surface area contributed by atoms with Crippen molar-refractivity contribution in [2.45, 2.75) is 32.4 Å². The number of hydrogen-bond acceptors (Lipinski definition) is 3. The molecule has 1 amide bonds. The van der Waals surface area contributed by atoms with Crippen molar-refractivity contribution in [2.24, 2.45) is 0 Å². The Labute approximate surface area is 162 Å². The molecule has 1 atom stereocenters. The molecular formula is C22H22FN3O2. The van der Waals surface area contributed by atoms with E-state index < -0.39 is 0 Å². The van der Waals surface area contributed by atoms with Crippen molar-refractivity contribution in [3.05, 3.63) is 88.5 Å². The Balaban J connectivity index is 1.57. The lowest BCUT2D eigenvalue weighted by Gasteiger charge is -2.14. The number of amides is 1. The number of nitrogens with zero attached hydrogens (tertiary/aromatic N) is 2. The predicted octanol–water partition coefficient (Wildman–Crippen LogP) is 3.71. The summed E-state index contributed by atoms with van der Waals surface area (Å²) < 4.78 is 14.4. The average Bonchev–Trinajstić information content (AvgIpc) is 2.70. The summed E-state index contributed by atoms with van der Waals surface area (Å²) in [5.74, 6) is -0.396. The Bertz CT molecular complexity index is 985. The molecule has 0 fully saturated rings. The van der Waals surface area contributed by atoms with E-state index >= 15 is 0 Å². The van der Waals surface area contributed by atoms with Gasteiger partial charge in [0.1, 0.15) is 5.82 Å². The quantitative estimate of drug-likeness (QED) is 0.681. The van der Waals surface area contributed by atoms with Gasteiger partial charge in [0.25, 0.3) is 5.56 Å². The van der Waals surface area contributed by atoms with E-state index in [2.05, 4.69) is 10.4 Å². The number of carbonyl (C=O) groups is 1. The third-order valence-electron chi connectivity index (χ3n) is 4.46. The van der Waals surface area contributed by atoms with E-state index in [4.69, 9.17) is 0 Å². The van der Waals surface area contributed by atoms with Crippen LogP contribution in [0.4, 0.5) is 4.39 Å². The van der Waals surface area contributed by atoms with Crippen molar-refractivity contribution in [2.75, 3.05) is 0 Å². The van der Waals surface area contributed by atoms with Gasteiger partial charge in [0.15, 0.2) is 0 Å². The van der Waals surface area contributed by atoms with Gasteiger partial charge in [0.2, 0.25) is 5.91 Å². The van der Waals surface area contributed by atoms with Gasteiger partial charge in [0, 0.05) is 24.6 Å². The second kappa shape index (κ2) is 9.08. The molecule has 3 rings (SSSR count). The Morgan fingerprint density at radius 1 is 1.07 bits per heavy atom. The number of benzene rings is 2. The molecule has 3 aromatic rings. The first kappa shape index (κ1) is 19.5. The van der Waals surface area contributed by atoms with E-state index in [9.17, 15) is 14.0 Å². The average molecular weight is 379 g/mol. The summed E-state index contributed by atoms with van der Waals surface area (Å²) in [7, 11) is 0. The van der Waals surface area contributed by atoms with Crippen LogP contribution in [0.2, 0.25) is 0 Å². The number of aryl methyl sites for hydroxylation is 1. The molecule has 2 aromatic carbocycles. The summed E-state index contributed by atoms with van der Waals surface area (Å²) in [6.07, 6.45) is 0.791. The maximum absolute atomic E-state index is 13.1. The van der Waals surface area contributed by atoms with Crippen LogP contribution in [0.1, 0.15) is 31.4 Å². The fourth-order valence-electron chi connectivity index (χ4n) is 2.91. The van der Waals surface area contributed by atoms with E-state index in [0.29, 0.717) is 25.1 Å². The molecule has 144 valence electrons. The molecule has 0 saturated carbocycles. The first-order valence-corrected chi connectivity index (χ1v) is 9.21. The van der Waals surface area contributed by atoms with Crippen molar-refractivity contribution in [3.63, 3.8) is 0 Å².